The maximum Gasteiger partial charge on any atom is 0.279 e. The lowest BCUT2D eigenvalue weighted by Crippen LogP contribution is -2.48. The Morgan fingerprint density at radius 3 is 2.45 bits per heavy atom. The van der Waals surface area contributed by atoms with E-state index >= 15 is 0 Å². The zero-order chi connectivity index (χ0) is 16.2. The highest BCUT2D eigenvalue weighted by Crippen LogP contribution is 2.18. The fourth-order valence-electron chi connectivity index (χ4n) is 2.60. The lowest BCUT2D eigenvalue weighted by Gasteiger charge is -2.31. The third-order valence-electron chi connectivity index (χ3n) is 4.47. The SMILES string of the molecule is CC1CCN(S(=O)(=O)NC[C@@H](C)N(C)c2ccccc2)CC1. The number of piperidine rings is 1. The van der Waals surface area contributed by atoms with E-state index in [1.807, 2.05) is 44.3 Å². The van der Waals surface area contributed by atoms with Crippen molar-refractivity contribution < 1.29 is 8.42 Å². The molecule has 0 aliphatic carbocycles. The van der Waals surface area contributed by atoms with E-state index in [2.05, 4.69) is 16.5 Å². The van der Waals surface area contributed by atoms with E-state index in [1.165, 1.54) is 0 Å². The standard InChI is InChI=1S/C16H27N3O2S/c1-14-9-11-19(12-10-14)22(20,21)17-13-15(2)18(3)16-7-5-4-6-8-16/h4-8,14-15,17H,9-13H2,1-3H3/t15-/m1/s1. The molecule has 124 valence electrons. The van der Waals surface area contributed by atoms with Crippen molar-refractivity contribution in [2.24, 2.45) is 5.92 Å². The van der Waals surface area contributed by atoms with Gasteiger partial charge in [0.2, 0.25) is 0 Å². The fraction of sp³-hybridized carbons (Fsp3) is 0.625. The Bertz CT molecular complexity index is 554. The molecule has 1 N–H and O–H groups in total. The van der Waals surface area contributed by atoms with Gasteiger partial charge >= 0.3 is 0 Å². The molecule has 1 fully saturated rings. The molecule has 0 spiro atoms. The van der Waals surface area contributed by atoms with Crippen molar-refractivity contribution in [1.29, 1.82) is 0 Å². The maximum atomic E-state index is 12.4. The summed E-state index contributed by atoms with van der Waals surface area (Å²) in [5.41, 5.74) is 1.08. The third kappa shape index (κ3) is 4.44. The molecule has 0 radical (unpaired) electrons. The lowest BCUT2D eigenvalue weighted by molar-refractivity contribution is 0.285. The first-order valence-electron chi connectivity index (χ1n) is 7.93. The zero-order valence-electron chi connectivity index (χ0n) is 13.7. The molecule has 22 heavy (non-hydrogen) atoms. The summed E-state index contributed by atoms with van der Waals surface area (Å²) in [4.78, 5) is 2.08. The second-order valence-electron chi connectivity index (χ2n) is 6.23. The van der Waals surface area contributed by atoms with Gasteiger partial charge in [0.15, 0.2) is 0 Å². The van der Waals surface area contributed by atoms with E-state index in [4.69, 9.17) is 0 Å². The summed E-state index contributed by atoms with van der Waals surface area (Å²) in [5, 5.41) is 0. The monoisotopic (exact) mass is 325 g/mol. The fourth-order valence-corrected chi connectivity index (χ4v) is 3.92. The van der Waals surface area contributed by atoms with Crippen LogP contribution in [0, 0.1) is 5.92 Å². The number of para-hydroxylation sites is 1. The predicted molar refractivity (Wildman–Crippen MR) is 91.2 cm³/mol. The molecule has 6 heteroatoms. The Morgan fingerprint density at radius 2 is 1.86 bits per heavy atom. The van der Waals surface area contributed by atoms with Crippen molar-refractivity contribution in [1.82, 2.24) is 9.03 Å². The predicted octanol–water partition coefficient (Wildman–Crippen LogP) is 2.08. The number of hydrogen-bond donors (Lipinski definition) is 1. The normalized spacial score (nSPS) is 19.0. The van der Waals surface area contributed by atoms with Crippen molar-refractivity contribution >= 4 is 15.9 Å². The summed E-state index contributed by atoms with van der Waals surface area (Å²) in [5.74, 6) is 0.620. The number of anilines is 1. The van der Waals surface area contributed by atoms with Crippen LogP contribution in [0.15, 0.2) is 30.3 Å². The van der Waals surface area contributed by atoms with Crippen molar-refractivity contribution in [3.8, 4) is 0 Å². The average Bonchev–Trinajstić information content (AvgIpc) is 2.53. The number of likely N-dealkylation sites (N-methyl/N-ethyl adjacent to an activating group) is 1. The Morgan fingerprint density at radius 1 is 1.27 bits per heavy atom. The summed E-state index contributed by atoms with van der Waals surface area (Å²) < 4.78 is 29.0. The Kier molecular flexibility index (Phi) is 5.83. The van der Waals surface area contributed by atoms with Gasteiger partial charge in [-0.05, 0) is 37.8 Å². The van der Waals surface area contributed by atoms with Gasteiger partial charge in [0.1, 0.15) is 0 Å². The Hall–Kier alpha value is -1.11. The van der Waals surface area contributed by atoms with Gasteiger partial charge in [-0.2, -0.15) is 12.7 Å². The van der Waals surface area contributed by atoms with Gasteiger partial charge in [-0.25, -0.2) is 4.72 Å². The summed E-state index contributed by atoms with van der Waals surface area (Å²) >= 11 is 0. The van der Waals surface area contributed by atoms with E-state index in [1.54, 1.807) is 4.31 Å². The molecule has 1 aliphatic rings. The molecule has 0 bridgehead atoms. The van der Waals surface area contributed by atoms with E-state index in [0.717, 1.165) is 18.5 Å². The molecular weight excluding hydrogens is 298 g/mol. The molecule has 0 amide bonds. The third-order valence-corrected chi connectivity index (χ3v) is 6.04. The minimum absolute atomic E-state index is 0.0842. The van der Waals surface area contributed by atoms with Crippen molar-refractivity contribution in [2.75, 3.05) is 31.6 Å². The Balaban J connectivity index is 1.88. The molecule has 1 atom stereocenters. The van der Waals surface area contributed by atoms with Crippen LogP contribution >= 0.6 is 0 Å². The highest BCUT2D eigenvalue weighted by Gasteiger charge is 2.26. The van der Waals surface area contributed by atoms with Crippen LogP contribution in [0.5, 0.6) is 0 Å². The van der Waals surface area contributed by atoms with Crippen molar-refractivity contribution in [3.63, 3.8) is 0 Å². The van der Waals surface area contributed by atoms with Crippen LogP contribution in [-0.4, -0.2) is 45.4 Å². The van der Waals surface area contributed by atoms with Crippen molar-refractivity contribution in [3.05, 3.63) is 30.3 Å². The number of nitrogens with zero attached hydrogens (tertiary/aromatic N) is 2. The molecule has 5 nitrogen and oxygen atoms in total. The number of benzene rings is 1. The maximum absolute atomic E-state index is 12.4. The molecule has 0 unspecified atom stereocenters. The highest BCUT2D eigenvalue weighted by molar-refractivity contribution is 7.87. The quantitative estimate of drug-likeness (QED) is 0.871. The first-order chi connectivity index (χ1) is 10.4. The largest absolute Gasteiger partial charge is 0.371 e. The van der Waals surface area contributed by atoms with Crippen LogP contribution < -0.4 is 9.62 Å². The highest BCUT2D eigenvalue weighted by atomic mass is 32.2. The summed E-state index contributed by atoms with van der Waals surface area (Å²) in [6, 6.07) is 10.1. The summed E-state index contributed by atoms with van der Waals surface area (Å²) in [6.45, 7) is 5.85. The van der Waals surface area contributed by atoms with Crippen LogP contribution in [0.3, 0.4) is 0 Å². The van der Waals surface area contributed by atoms with E-state index in [-0.39, 0.29) is 6.04 Å². The Labute approximate surface area is 134 Å². The lowest BCUT2D eigenvalue weighted by atomic mass is 10.0. The summed E-state index contributed by atoms with van der Waals surface area (Å²) in [7, 11) is -1.38. The van der Waals surface area contributed by atoms with Crippen LogP contribution in [0.2, 0.25) is 0 Å². The van der Waals surface area contributed by atoms with Crippen LogP contribution in [0.1, 0.15) is 26.7 Å². The van der Waals surface area contributed by atoms with Gasteiger partial charge in [0.05, 0.1) is 0 Å². The smallest absolute Gasteiger partial charge is 0.279 e. The molecular formula is C16H27N3O2S. The van der Waals surface area contributed by atoms with Crippen LogP contribution in [-0.2, 0) is 10.2 Å². The first-order valence-corrected chi connectivity index (χ1v) is 9.37. The molecule has 0 aromatic heterocycles. The minimum atomic E-state index is -3.36. The van der Waals surface area contributed by atoms with Crippen LogP contribution in [0.4, 0.5) is 5.69 Å². The van der Waals surface area contributed by atoms with E-state index < -0.39 is 10.2 Å². The average molecular weight is 325 g/mol. The number of hydrogen-bond acceptors (Lipinski definition) is 3. The van der Waals surface area contributed by atoms with Gasteiger partial charge in [-0.1, -0.05) is 25.1 Å². The van der Waals surface area contributed by atoms with Gasteiger partial charge < -0.3 is 4.90 Å². The van der Waals surface area contributed by atoms with E-state index in [9.17, 15) is 8.42 Å². The molecule has 2 rings (SSSR count). The van der Waals surface area contributed by atoms with Gasteiger partial charge in [0.25, 0.3) is 10.2 Å². The molecule has 0 saturated carbocycles. The molecule has 1 aliphatic heterocycles. The molecule has 1 aromatic carbocycles. The van der Waals surface area contributed by atoms with Crippen molar-refractivity contribution in [2.45, 2.75) is 32.7 Å². The van der Waals surface area contributed by atoms with Gasteiger partial charge in [-0.3, -0.25) is 0 Å². The second-order valence-corrected chi connectivity index (χ2v) is 7.99. The van der Waals surface area contributed by atoms with Crippen LogP contribution in [0.25, 0.3) is 0 Å². The molecule has 1 heterocycles. The summed E-state index contributed by atoms with van der Waals surface area (Å²) in [6.07, 6.45) is 1.89. The van der Waals surface area contributed by atoms with Gasteiger partial charge in [0, 0.05) is 38.4 Å². The topological polar surface area (TPSA) is 52.7 Å². The van der Waals surface area contributed by atoms with E-state index in [0.29, 0.717) is 25.6 Å². The molecule has 1 aromatic rings. The van der Waals surface area contributed by atoms with Gasteiger partial charge in [-0.15, -0.1) is 0 Å². The molecule has 1 saturated heterocycles. The zero-order valence-corrected chi connectivity index (χ0v) is 14.5. The number of rotatable bonds is 6. The second kappa shape index (κ2) is 7.44. The number of nitrogens with one attached hydrogen (secondary N) is 1. The minimum Gasteiger partial charge on any atom is -0.371 e. The first kappa shape index (κ1) is 17.2.